The van der Waals surface area contributed by atoms with Gasteiger partial charge in [0.05, 0.1) is 0 Å². The smallest absolute Gasteiger partial charge is 0.0473 e. The number of hydrogen-bond acceptors (Lipinski definition) is 2. The van der Waals surface area contributed by atoms with E-state index >= 15 is 0 Å². The zero-order chi connectivity index (χ0) is 13.8. The molecule has 2 rings (SSSR count). The molecule has 0 spiro atoms. The molecule has 1 atom stereocenters. The molecule has 2 nitrogen and oxygen atoms in total. The molecule has 2 N–H and O–H groups in total. The van der Waals surface area contributed by atoms with Crippen LogP contribution in [0.2, 0.25) is 0 Å². The van der Waals surface area contributed by atoms with Crippen molar-refractivity contribution in [3.05, 3.63) is 35.4 Å². The average molecular weight is 260 g/mol. The first-order valence-electron chi connectivity index (χ1n) is 7.64. The highest BCUT2D eigenvalue weighted by Crippen LogP contribution is 2.34. The number of nitrogens with two attached hydrogens (primary N) is 1. The summed E-state index contributed by atoms with van der Waals surface area (Å²) in [5.74, 6) is 0.761. The minimum Gasteiger partial charge on any atom is -0.329 e. The first-order chi connectivity index (χ1) is 9.11. The van der Waals surface area contributed by atoms with Crippen LogP contribution in [-0.4, -0.2) is 24.0 Å². The summed E-state index contributed by atoms with van der Waals surface area (Å²) >= 11 is 0. The molecule has 1 fully saturated rings. The zero-order valence-electron chi connectivity index (χ0n) is 12.6. The van der Waals surface area contributed by atoms with E-state index in [1.54, 1.807) is 0 Å². The molecule has 1 unspecified atom stereocenters. The van der Waals surface area contributed by atoms with Crippen LogP contribution in [-0.2, 0) is 0 Å². The van der Waals surface area contributed by atoms with Gasteiger partial charge in [-0.05, 0) is 44.2 Å². The third kappa shape index (κ3) is 4.05. The summed E-state index contributed by atoms with van der Waals surface area (Å²) in [4.78, 5) is 2.65. The molecular formula is C17H28N2. The van der Waals surface area contributed by atoms with Gasteiger partial charge in [0.25, 0.3) is 0 Å². The van der Waals surface area contributed by atoms with Gasteiger partial charge >= 0.3 is 0 Å². The van der Waals surface area contributed by atoms with E-state index in [1.165, 1.54) is 36.9 Å². The molecule has 0 radical (unpaired) electrons. The van der Waals surface area contributed by atoms with Crippen molar-refractivity contribution in [1.82, 2.24) is 4.90 Å². The summed E-state index contributed by atoms with van der Waals surface area (Å²) in [5.41, 5.74) is 8.80. The van der Waals surface area contributed by atoms with Crippen molar-refractivity contribution in [1.29, 1.82) is 0 Å². The van der Waals surface area contributed by atoms with Crippen LogP contribution >= 0.6 is 0 Å². The minimum absolute atomic E-state index is 0.395. The quantitative estimate of drug-likeness (QED) is 0.813. The lowest BCUT2D eigenvalue weighted by Gasteiger charge is -2.32. The molecule has 19 heavy (non-hydrogen) atoms. The molecule has 0 bridgehead atoms. The topological polar surface area (TPSA) is 29.3 Å². The molecule has 1 aliphatic rings. The highest BCUT2D eigenvalue weighted by molar-refractivity contribution is 5.26. The normalized spacial score (nSPS) is 17.2. The summed E-state index contributed by atoms with van der Waals surface area (Å²) in [6, 6.07) is 10.0. The Hall–Kier alpha value is -0.860. The lowest BCUT2D eigenvalue weighted by atomic mass is 10.0. The van der Waals surface area contributed by atoms with Gasteiger partial charge in [-0.1, -0.05) is 43.7 Å². The maximum atomic E-state index is 6.09. The Morgan fingerprint density at radius 1 is 1.32 bits per heavy atom. The standard InChI is InChI=1S/C17H28N2/c1-13(2)9-10-19(16-7-8-16)17(12-18)15-6-4-5-14(3)11-15/h4-6,11,13,16-17H,7-10,12,18H2,1-3H3. The minimum atomic E-state index is 0.395. The van der Waals surface area contributed by atoms with Crippen LogP contribution in [0.25, 0.3) is 0 Å². The monoisotopic (exact) mass is 260 g/mol. The van der Waals surface area contributed by atoms with Gasteiger partial charge in [-0.25, -0.2) is 0 Å². The van der Waals surface area contributed by atoms with Gasteiger partial charge in [-0.15, -0.1) is 0 Å². The lowest BCUT2D eigenvalue weighted by molar-refractivity contribution is 0.181. The summed E-state index contributed by atoms with van der Waals surface area (Å²) in [7, 11) is 0. The predicted octanol–water partition coefficient (Wildman–Crippen LogP) is 3.51. The molecule has 2 heteroatoms. The van der Waals surface area contributed by atoms with Crippen molar-refractivity contribution in [2.45, 2.75) is 52.1 Å². The maximum Gasteiger partial charge on any atom is 0.0473 e. The van der Waals surface area contributed by atoms with Crippen LogP contribution < -0.4 is 5.73 Å². The lowest BCUT2D eigenvalue weighted by Crippen LogP contribution is -2.36. The van der Waals surface area contributed by atoms with E-state index in [1.807, 2.05) is 0 Å². The Labute approximate surface area is 118 Å². The van der Waals surface area contributed by atoms with E-state index in [9.17, 15) is 0 Å². The molecule has 0 aliphatic heterocycles. The molecule has 0 saturated heterocycles. The van der Waals surface area contributed by atoms with Gasteiger partial charge in [0, 0.05) is 18.6 Å². The molecule has 106 valence electrons. The van der Waals surface area contributed by atoms with Crippen molar-refractivity contribution in [2.24, 2.45) is 11.7 Å². The summed E-state index contributed by atoms with van der Waals surface area (Å²) < 4.78 is 0. The number of aryl methyl sites for hydroxylation is 1. The van der Waals surface area contributed by atoms with E-state index in [-0.39, 0.29) is 0 Å². The molecule has 0 aromatic heterocycles. The summed E-state index contributed by atoms with van der Waals surface area (Å²) in [6.07, 6.45) is 3.96. The Morgan fingerprint density at radius 2 is 2.05 bits per heavy atom. The van der Waals surface area contributed by atoms with E-state index in [4.69, 9.17) is 5.73 Å². The van der Waals surface area contributed by atoms with E-state index in [0.29, 0.717) is 6.04 Å². The molecule has 1 saturated carbocycles. The van der Waals surface area contributed by atoms with Crippen molar-refractivity contribution in [3.63, 3.8) is 0 Å². The molecular weight excluding hydrogens is 232 g/mol. The Bertz CT molecular complexity index is 396. The fourth-order valence-electron chi connectivity index (χ4n) is 2.75. The van der Waals surface area contributed by atoms with Crippen LogP contribution in [0, 0.1) is 12.8 Å². The van der Waals surface area contributed by atoms with Gasteiger partial charge in [-0.3, -0.25) is 4.90 Å². The molecule has 0 heterocycles. The van der Waals surface area contributed by atoms with Crippen molar-refractivity contribution in [3.8, 4) is 0 Å². The largest absolute Gasteiger partial charge is 0.329 e. The summed E-state index contributed by atoms with van der Waals surface area (Å²) in [6.45, 7) is 8.66. The molecule has 1 aromatic carbocycles. The van der Waals surface area contributed by atoms with Gasteiger partial charge in [0.15, 0.2) is 0 Å². The number of rotatable bonds is 7. The Balaban J connectivity index is 2.12. The molecule has 1 aromatic rings. The SMILES string of the molecule is Cc1cccc(C(CN)N(CCC(C)C)C2CC2)c1. The summed E-state index contributed by atoms with van der Waals surface area (Å²) in [5, 5.41) is 0. The predicted molar refractivity (Wildman–Crippen MR) is 82.2 cm³/mol. The van der Waals surface area contributed by atoms with Crippen molar-refractivity contribution in [2.75, 3.05) is 13.1 Å². The van der Waals surface area contributed by atoms with Gasteiger partial charge < -0.3 is 5.73 Å². The Kier molecular flexibility index (Phi) is 5.00. The van der Waals surface area contributed by atoms with E-state index < -0.39 is 0 Å². The Morgan fingerprint density at radius 3 is 2.58 bits per heavy atom. The second-order valence-corrected chi connectivity index (χ2v) is 6.32. The number of hydrogen-bond donors (Lipinski definition) is 1. The van der Waals surface area contributed by atoms with Crippen molar-refractivity contribution >= 4 is 0 Å². The van der Waals surface area contributed by atoms with Crippen molar-refractivity contribution < 1.29 is 0 Å². The van der Waals surface area contributed by atoms with Gasteiger partial charge in [-0.2, -0.15) is 0 Å². The van der Waals surface area contributed by atoms with Gasteiger partial charge in [0.2, 0.25) is 0 Å². The molecule has 0 amide bonds. The van der Waals surface area contributed by atoms with Crippen LogP contribution in [0.15, 0.2) is 24.3 Å². The van der Waals surface area contributed by atoms with Gasteiger partial charge in [0.1, 0.15) is 0 Å². The van der Waals surface area contributed by atoms with E-state index in [0.717, 1.165) is 18.5 Å². The second-order valence-electron chi connectivity index (χ2n) is 6.32. The van der Waals surface area contributed by atoms with Crippen LogP contribution in [0.1, 0.15) is 50.3 Å². The first-order valence-corrected chi connectivity index (χ1v) is 7.64. The number of benzene rings is 1. The van der Waals surface area contributed by atoms with E-state index in [2.05, 4.69) is 49.9 Å². The highest BCUT2D eigenvalue weighted by Gasteiger charge is 2.33. The average Bonchev–Trinajstić information content (AvgIpc) is 3.18. The number of nitrogens with zero attached hydrogens (tertiary/aromatic N) is 1. The maximum absolute atomic E-state index is 6.09. The highest BCUT2D eigenvalue weighted by atomic mass is 15.2. The van der Waals surface area contributed by atoms with Crippen LogP contribution in [0.5, 0.6) is 0 Å². The third-order valence-electron chi connectivity index (χ3n) is 4.03. The fourth-order valence-corrected chi connectivity index (χ4v) is 2.75. The molecule has 1 aliphatic carbocycles. The third-order valence-corrected chi connectivity index (χ3v) is 4.03. The second kappa shape index (κ2) is 6.53. The fraction of sp³-hybridized carbons (Fsp3) is 0.647. The van der Waals surface area contributed by atoms with Crippen LogP contribution in [0.3, 0.4) is 0 Å². The first kappa shape index (κ1) is 14.5. The van der Waals surface area contributed by atoms with Crippen LogP contribution in [0.4, 0.5) is 0 Å². The zero-order valence-corrected chi connectivity index (χ0v) is 12.6.